The van der Waals surface area contributed by atoms with Crippen LogP contribution < -0.4 is 0 Å². The van der Waals surface area contributed by atoms with E-state index in [0.717, 1.165) is 26.1 Å². The number of hydrogen-bond acceptors (Lipinski definition) is 3. The predicted molar refractivity (Wildman–Crippen MR) is 46.9 cm³/mol. The van der Waals surface area contributed by atoms with Gasteiger partial charge >= 0.3 is 5.97 Å². The molecular weight excluding hydrogens is 154 g/mol. The molecule has 0 N–H and O–H groups in total. The Bertz CT molecular complexity index is 155. The van der Waals surface area contributed by atoms with E-state index in [0.29, 0.717) is 6.42 Å². The lowest BCUT2D eigenvalue weighted by atomic mass is 10.2. The van der Waals surface area contributed by atoms with E-state index in [2.05, 4.69) is 18.7 Å². The van der Waals surface area contributed by atoms with E-state index < -0.39 is 0 Å². The molecule has 3 nitrogen and oxygen atoms in total. The number of esters is 1. The van der Waals surface area contributed by atoms with Crippen molar-refractivity contribution in [1.82, 2.24) is 4.90 Å². The van der Waals surface area contributed by atoms with Crippen LogP contribution in [-0.4, -0.2) is 36.6 Å². The Morgan fingerprint density at radius 1 is 1.50 bits per heavy atom. The molecule has 70 valence electrons. The van der Waals surface area contributed by atoms with Crippen LogP contribution in [0.1, 0.15) is 26.7 Å². The summed E-state index contributed by atoms with van der Waals surface area (Å²) in [7, 11) is 0. The van der Waals surface area contributed by atoms with Gasteiger partial charge in [-0.2, -0.15) is 0 Å². The van der Waals surface area contributed by atoms with Crippen molar-refractivity contribution in [2.45, 2.75) is 32.8 Å². The number of hydrogen-bond donors (Lipinski definition) is 0. The highest BCUT2D eigenvalue weighted by atomic mass is 16.5. The molecule has 1 heterocycles. The maximum Gasteiger partial charge on any atom is 0.306 e. The third-order valence-corrected chi connectivity index (χ3v) is 2.32. The highest BCUT2D eigenvalue weighted by Crippen LogP contribution is 2.14. The van der Waals surface area contributed by atoms with Gasteiger partial charge in [0.25, 0.3) is 0 Å². The second-order valence-electron chi connectivity index (χ2n) is 3.14. The van der Waals surface area contributed by atoms with Gasteiger partial charge in [0.05, 0.1) is 0 Å². The van der Waals surface area contributed by atoms with Crippen LogP contribution in [0.4, 0.5) is 0 Å². The second-order valence-corrected chi connectivity index (χ2v) is 3.14. The summed E-state index contributed by atoms with van der Waals surface area (Å²) in [4.78, 5) is 13.1. The zero-order valence-electron chi connectivity index (χ0n) is 7.88. The number of likely N-dealkylation sites (N-methyl/N-ethyl adjacent to an activating group) is 1. The molecule has 0 spiro atoms. The van der Waals surface area contributed by atoms with Crippen LogP contribution >= 0.6 is 0 Å². The summed E-state index contributed by atoms with van der Waals surface area (Å²) in [5.74, 6) is -0.0350. The molecule has 0 aliphatic carbocycles. The third-order valence-electron chi connectivity index (χ3n) is 2.32. The molecule has 0 aromatic carbocycles. The highest BCUT2D eigenvalue weighted by molar-refractivity contribution is 5.71. The first-order valence-electron chi connectivity index (χ1n) is 4.68. The van der Waals surface area contributed by atoms with Crippen LogP contribution in [0.5, 0.6) is 0 Å². The average molecular weight is 171 g/mol. The molecule has 0 aromatic rings. The Kier molecular flexibility index (Phi) is 3.53. The first kappa shape index (κ1) is 9.52. The normalized spacial score (nSPS) is 23.2. The molecule has 0 amide bonds. The fraction of sp³-hybridized carbons (Fsp3) is 0.889. The van der Waals surface area contributed by atoms with Crippen LogP contribution in [0, 0.1) is 0 Å². The first-order chi connectivity index (χ1) is 5.76. The number of cyclic esters (lactones) is 1. The molecule has 0 aromatic heterocycles. The van der Waals surface area contributed by atoms with Gasteiger partial charge in [0.1, 0.15) is 6.10 Å². The van der Waals surface area contributed by atoms with Crippen molar-refractivity contribution in [1.29, 1.82) is 0 Å². The van der Waals surface area contributed by atoms with Crippen LogP contribution in [0.15, 0.2) is 0 Å². The van der Waals surface area contributed by atoms with E-state index in [1.54, 1.807) is 0 Å². The van der Waals surface area contributed by atoms with E-state index in [9.17, 15) is 4.79 Å². The molecule has 1 atom stereocenters. The number of carbonyl (C=O) groups excluding carboxylic acids is 1. The number of carbonyl (C=O) groups is 1. The maximum absolute atomic E-state index is 10.8. The number of nitrogens with zero attached hydrogens (tertiary/aromatic N) is 1. The molecule has 0 saturated carbocycles. The summed E-state index contributed by atoms with van der Waals surface area (Å²) in [6.07, 6.45) is 1.65. The van der Waals surface area contributed by atoms with E-state index in [1.165, 1.54) is 0 Å². The van der Waals surface area contributed by atoms with Crippen molar-refractivity contribution >= 4 is 5.97 Å². The highest BCUT2D eigenvalue weighted by Gasteiger charge is 2.24. The van der Waals surface area contributed by atoms with Crippen molar-refractivity contribution < 1.29 is 9.53 Å². The zero-order valence-corrected chi connectivity index (χ0v) is 7.88. The maximum atomic E-state index is 10.8. The second kappa shape index (κ2) is 4.45. The molecule has 1 rings (SSSR count). The zero-order chi connectivity index (χ0) is 8.97. The predicted octanol–water partition coefficient (Wildman–Crippen LogP) is 1.03. The third kappa shape index (κ3) is 2.48. The lowest BCUT2D eigenvalue weighted by Gasteiger charge is -2.21. The minimum atomic E-state index is -0.0350. The van der Waals surface area contributed by atoms with Gasteiger partial charge in [-0.15, -0.1) is 0 Å². The Morgan fingerprint density at radius 2 is 2.17 bits per heavy atom. The van der Waals surface area contributed by atoms with E-state index in [1.807, 2.05) is 0 Å². The Labute approximate surface area is 73.7 Å². The van der Waals surface area contributed by atoms with E-state index in [4.69, 9.17) is 4.74 Å². The fourth-order valence-electron chi connectivity index (χ4n) is 1.48. The average Bonchev–Trinajstić information content (AvgIpc) is 2.47. The Morgan fingerprint density at radius 3 is 2.58 bits per heavy atom. The fourth-order valence-corrected chi connectivity index (χ4v) is 1.48. The molecular formula is C9H17NO2. The summed E-state index contributed by atoms with van der Waals surface area (Å²) >= 11 is 0. The molecule has 1 unspecified atom stereocenters. The molecule has 1 aliphatic heterocycles. The van der Waals surface area contributed by atoms with Gasteiger partial charge in [-0.1, -0.05) is 13.8 Å². The summed E-state index contributed by atoms with van der Waals surface area (Å²) < 4.78 is 5.11. The first-order valence-corrected chi connectivity index (χ1v) is 4.68. The quantitative estimate of drug-likeness (QED) is 0.592. The van der Waals surface area contributed by atoms with Gasteiger partial charge in [-0.05, 0) is 19.5 Å². The molecule has 1 fully saturated rings. The van der Waals surface area contributed by atoms with E-state index >= 15 is 0 Å². The molecule has 1 aliphatic rings. The summed E-state index contributed by atoms with van der Waals surface area (Å²) in [6, 6.07) is 0. The molecule has 0 radical (unpaired) electrons. The van der Waals surface area contributed by atoms with Gasteiger partial charge in [-0.25, -0.2) is 0 Å². The lowest BCUT2D eigenvalue weighted by molar-refractivity contribution is -0.141. The van der Waals surface area contributed by atoms with Crippen molar-refractivity contribution in [2.75, 3.05) is 19.6 Å². The van der Waals surface area contributed by atoms with Crippen LogP contribution in [-0.2, 0) is 9.53 Å². The number of ether oxygens (including phenoxy) is 1. The molecule has 0 bridgehead atoms. The minimum Gasteiger partial charge on any atom is -0.461 e. The number of rotatable bonds is 4. The monoisotopic (exact) mass is 171 g/mol. The van der Waals surface area contributed by atoms with Crippen molar-refractivity contribution in [3.8, 4) is 0 Å². The van der Waals surface area contributed by atoms with Crippen molar-refractivity contribution in [3.05, 3.63) is 0 Å². The van der Waals surface area contributed by atoms with Crippen LogP contribution in [0.3, 0.4) is 0 Å². The smallest absolute Gasteiger partial charge is 0.306 e. The van der Waals surface area contributed by atoms with Gasteiger partial charge in [0.15, 0.2) is 0 Å². The molecule has 12 heavy (non-hydrogen) atoms. The van der Waals surface area contributed by atoms with E-state index in [-0.39, 0.29) is 12.1 Å². The minimum absolute atomic E-state index is 0.0350. The van der Waals surface area contributed by atoms with Gasteiger partial charge in [0.2, 0.25) is 0 Å². The Balaban J connectivity index is 2.26. The van der Waals surface area contributed by atoms with Crippen LogP contribution in [0.25, 0.3) is 0 Å². The SMILES string of the molecule is CCN(CC)CC1CCC(=O)O1. The van der Waals surface area contributed by atoms with Gasteiger partial charge < -0.3 is 9.64 Å². The topological polar surface area (TPSA) is 29.5 Å². The summed E-state index contributed by atoms with van der Waals surface area (Å²) in [5, 5.41) is 0. The van der Waals surface area contributed by atoms with Crippen LogP contribution in [0.2, 0.25) is 0 Å². The van der Waals surface area contributed by atoms with Gasteiger partial charge in [-0.3, -0.25) is 4.79 Å². The molecule has 3 heteroatoms. The van der Waals surface area contributed by atoms with Crippen molar-refractivity contribution in [2.24, 2.45) is 0 Å². The summed E-state index contributed by atoms with van der Waals surface area (Å²) in [6.45, 7) is 7.22. The lowest BCUT2D eigenvalue weighted by Crippen LogP contribution is -2.32. The molecule has 1 saturated heterocycles. The van der Waals surface area contributed by atoms with Gasteiger partial charge in [0, 0.05) is 13.0 Å². The summed E-state index contributed by atoms with van der Waals surface area (Å²) in [5.41, 5.74) is 0. The standard InChI is InChI=1S/C9H17NO2/c1-3-10(4-2)7-8-5-6-9(11)12-8/h8H,3-7H2,1-2H3. The Hall–Kier alpha value is -0.570. The largest absolute Gasteiger partial charge is 0.461 e. The van der Waals surface area contributed by atoms with Crippen molar-refractivity contribution in [3.63, 3.8) is 0 Å².